The Bertz CT molecular complexity index is 1260. The number of allylic oxidation sites excluding steroid dienone is 1. The zero-order valence-corrected chi connectivity index (χ0v) is 22.4. The fourth-order valence-corrected chi connectivity index (χ4v) is 4.65. The molecule has 0 saturated heterocycles. The number of cyclic esters (lactones) is 1. The molecule has 1 aliphatic heterocycles. The molecule has 206 valence electrons. The molecule has 1 heterocycles. The van der Waals surface area contributed by atoms with E-state index in [2.05, 4.69) is 11.2 Å². The number of amides is 1. The minimum absolute atomic E-state index is 0.0247. The van der Waals surface area contributed by atoms with Crippen LogP contribution >= 0.6 is 0 Å². The lowest BCUT2D eigenvalue weighted by Gasteiger charge is -2.23. The van der Waals surface area contributed by atoms with Crippen molar-refractivity contribution in [2.75, 3.05) is 13.7 Å². The van der Waals surface area contributed by atoms with Gasteiger partial charge in [-0.05, 0) is 61.9 Å². The number of methoxy groups -OCH3 is 1. The van der Waals surface area contributed by atoms with E-state index < -0.39 is 29.6 Å². The highest BCUT2D eigenvalue weighted by molar-refractivity contribution is 5.98. The Morgan fingerprint density at radius 3 is 2.62 bits per heavy atom. The molecule has 3 N–H and O–H groups in total. The first-order valence-electron chi connectivity index (χ1n) is 13.1. The van der Waals surface area contributed by atoms with Crippen molar-refractivity contribution in [3.63, 3.8) is 0 Å². The van der Waals surface area contributed by atoms with Gasteiger partial charge in [0.05, 0.1) is 19.8 Å². The standard InChI is InChI=1S/C31H35NO7/c1-4-17-32-27(35)19-25(21-13-15-24(38-3)16-14-21)29-26(34)18-22-10-6-5-7-11-23(33)12-8-9-20(2)39-31(37)28(22)30(29)36/h1,6,10,13-16,18,20,25,34,36H,5,7-9,11-12,17,19H2,2-3H3,(H,32,35). The van der Waals surface area contributed by atoms with E-state index in [-0.39, 0.29) is 41.2 Å². The smallest absolute Gasteiger partial charge is 0.342 e. The molecule has 3 rings (SSSR count). The fourth-order valence-electron chi connectivity index (χ4n) is 4.65. The Labute approximate surface area is 229 Å². The van der Waals surface area contributed by atoms with Crippen molar-refractivity contribution in [2.45, 2.75) is 63.9 Å². The van der Waals surface area contributed by atoms with Gasteiger partial charge in [-0.25, -0.2) is 4.79 Å². The number of benzene rings is 2. The maximum Gasteiger partial charge on any atom is 0.342 e. The van der Waals surface area contributed by atoms with Crippen LogP contribution in [0.3, 0.4) is 0 Å². The van der Waals surface area contributed by atoms with Crippen molar-refractivity contribution >= 4 is 23.7 Å². The second-order valence-corrected chi connectivity index (χ2v) is 9.57. The van der Waals surface area contributed by atoms with Crippen LogP contribution in [0.1, 0.15) is 84.8 Å². The Morgan fingerprint density at radius 2 is 1.92 bits per heavy atom. The lowest BCUT2D eigenvalue weighted by Crippen LogP contribution is -2.26. The molecule has 39 heavy (non-hydrogen) atoms. The Balaban J connectivity index is 2.12. The summed E-state index contributed by atoms with van der Waals surface area (Å²) in [7, 11) is 1.53. The number of terminal acetylenes is 1. The molecule has 8 nitrogen and oxygen atoms in total. The fraction of sp³-hybridized carbons (Fsp3) is 0.387. The molecule has 0 spiro atoms. The van der Waals surface area contributed by atoms with Crippen molar-refractivity contribution in [2.24, 2.45) is 0 Å². The average molecular weight is 534 g/mol. The number of hydrogen-bond acceptors (Lipinski definition) is 7. The number of phenols is 2. The van der Waals surface area contributed by atoms with Gasteiger partial charge in [-0.2, -0.15) is 0 Å². The monoisotopic (exact) mass is 533 g/mol. The second-order valence-electron chi connectivity index (χ2n) is 9.57. The average Bonchev–Trinajstić information content (AvgIpc) is 2.90. The molecule has 2 atom stereocenters. The van der Waals surface area contributed by atoms with Crippen LogP contribution < -0.4 is 10.1 Å². The molecule has 0 fully saturated rings. The van der Waals surface area contributed by atoms with E-state index in [0.29, 0.717) is 49.8 Å². The van der Waals surface area contributed by atoms with Gasteiger partial charge in [-0.1, -0.05) is 30.2 Å². The van der Waals surface area contributed by atoms with Gasteiger partial charge in [0.15, 0.2) is 0 Å². The number of phenolic OH excluding ortho intramolecular Hbond substituents is 2. The van der Waals surface area contributed by atoms with E-state index >= 15 is 0 Å². The van der Waals surface area contributed by atoms with Crippen molar-refractivity contribution in [1.82, 2.24) is 5.32 Å². The molecule has 0 aliphatic carbocycles. The van der Waals surface area contributed by atoms with Crippen LogP contribution in [-0.4, -0.2) is 47.6 Å². The molecular formula is C31H35NO7. The summed E-state index contributed by atoms with van der Waals surface area (Å²) in [5.74, 6) is 0.424. The molecular weight excluding hydrogens is 498 g/mol. The third kappa shape index (κ3) is 7.87. The highest BCUT2D eigenvalue weighted by atomic mass is 16.5. The van der Waals surface area contributed by atoms with Gasteiger partial charge >= 0.3 is 5.97 Å². The van der Waals surface area contributed by atoms with Crippen LogP contribution in [0.2, 0.25) is 0 Å². The number of aromatic hydroxyl groups is 2. The first kappa shape index (κ1) is 29.3. The summed E-state index contributed by atoms with van der Waals surface area (Å²) in [4.78, 5) is 38.1. The summed E-state index contributed by atoms with van der Waals surface area (Å²) in [5.41, 5.74) is 0.820. The van der Waals surface area contributed by atoms with Gasteiger partial charge in [0.25, 0.3) is 0 Å². The minimum Gasteiger partial charge on any atom is -0.507 e. The van der Waals surface area contributed by atoms with Crippen LogP contribution in [0.5, 0.6) is 17.2 Å². The van der Waals surface area contributed by atoms with Crippen LogP contribution in [0, 0.1) is 12.3 Å². The number of Topliss-reactive ketones (excluding diaryl/α,β-unsaturated/α-hetero) is 1. The summed E-state index contributed by atoms with van der Waals surface area (Å²) in [6, 6.07) is 8.26. The van der Waals surface area contributed by atoms with Crippen molar-refractivity contribution in [3.8, 4) is 29.6 Å². The first-order valence-corrected chi connectivity index (χ1v) is 13.1. The predicted molar refractivity (Wildman–Crippen MR) is 148 cm³/mol. The number of nitrogens with one attached hydrogen (secondary N) is 1. The molecule has 0 bridgehead atoms. The zero-order valence-electron chi connectivity index (χ0n) is 22.4. The molecule has 8 heteroatoms. The summed E-state index contributed by atoms with van der Waals surface area (Å²) in [6.45, 7) is 1.76. The molecule has 1 amide bonds. The highest BCUT2D eigenvalue weighted by Crippen LogP contribution is 2.44. The maximum absolute atomic E-state index is 13.4. The van der Waals surface area contributed by atoms with E-state index in [0.717, 1.165) is 0 Å². The summed E-state index contributed by atoms with van der Waals surface area (Å²) in [6.07, 6.45) is 11.3. The summed E-state index contributed by atoms with van der Waals surface area (Å²) < 4.78 is 10.9. The lowest BCUT2D eigenvalue weighted by atomic mass is 9.84. The number of carbonyl (C=O) groups excluding carboxylic acids is 3. The zero-order chi connectivity index (χ0) is 28.4. The minimum atomic E-state index is -0.813. The lowest BCUT2D eigenvalue weighted by molar-refractivity contribution is -0.121. The third-order valence-electron chi connectivity index (χ3n) is 6.69. The second kappa shape index (κ2) is 14.1. The van der Waals surface area contributed by atoms with Gasteiger partial charge in [-0.3, -0.25) is 9.59 Å². The Hall–Kier alpha value is -4.25. The largest absolute Gasteiger partial charge is 0.507 e. The van der Waals surface area contributed by atoms with Crippen LogP contribution in [0.15, 0.2) is 36.4 Å². The number of hydrogen-bond donors (Lipinski definition) is 3. The van der Waals surface area contributed by atoms with Crippen molar-refractivity contribution in [1.29, 1.82) is 0 Å². The topological polar surface area (TPSA) is 122 Å². The number of fused-ring (bicyclic) bond motifs is 1. The highest BCUT2D eigenvalue weighted by Gasteiger charge is 2.30. The predicted octanol–water partition coefficient (Wildman–Crippen LogP) is 4.86. The number of ether oxygens (including phenoxy) is 2. The van der Waals surface area contributed by atoms with Crippen molar-refractivity contribution < 1.29 is 34.1 Å². The summed E-state index contributed by atoms with van der Waals surface area (Å²) in [5, 5.41) is 25.3. The molecule has 2 aromatic rings. The van der Waals surface area contributed by atoms with Crippen LogP contribution in [0.25, 0.3) is 6.08 Å². The van der Waals surface area contributed by atoms with Gasteiger partial charge < -0.3 is 25.0 Å². The Morgan fingerprint density at radius 1 is 1.21 bits per heavy atom. The molecule has 0 aromatic heterocycles. The van der Waals surface area contributed by atoms with E-state index in [4.69, 9.17) is 15.9 Å². The quantitative estimate of drug-likeness (QED) is 0.358. The molecule has 2 aromatic carbocycles. The SMILES string of the molecule is C#CCNC(=O)CC(c1ccc(OC)cc1)c1c(O)cc2c(c1O)C(=O)OC(C)CCCC(=O)CCCC=C2. The number of carbonyl (C=O) groups is 3. The van der Waals surface area contributed by atoms with Crippen LogP contribution in [-0.2, 0) is 14.3 Å². The molecule has 0 radical (unpaired) electrons. The van der Waals surface area contributed by atoms with Gasteiger partial charge in [0.2, 0.25) is 5.91 Å². The van der Waals surface area contributed by atoms with Gasteiger partial charge in [-0.15, -0.1) is 6.42 Å². The number of esters is 1. The molecule has 2 unspecified atom stereocenters. The van der Waals surface area contributed by atoms with E-state index in [1.807, 2.05) is 0 Å². The number of rotatable bonds is 6. The number of ketones is 1. The summed E-state index contributed by atoms with van der Waals surface area (Å²) >= 11 is 0. The Kier molecular flexibility index (Phi) is 10.6. The maximum atomic E-state index is 13.4. The van der Waals surface area contributed by atoms with E-state index in [1.165, 1.54) is 13.2 Å². The van der Waals surface area contributed by atoms with Crippen LogP contribution in [0.4, 0.5) is 0 Å². The normalized spacial score (nSPS) is 17.2. The molecule has 1 aliphatic rings. The first-order chi connectivity index (χ1) is 18.7. The van der Waals surface area contributed by atoms with Gasteiger partial charge in [0, 0.05) is 30.7 Å². The van der Waals surface area contributed by atoms with Gasteiger partial charge in [0.1, 0.15) is 28.6 Å². The molecule has 0 saturated carbocycles. The third-order valence-corrected chi connectivity index (χ3v) is 6.69. The van der Waals surface area contributed by atoms with E-state index in [9.17, 15) is 24.6 Å². The van der Waals surface area contributed by atoms with Crippen molar-refractivity contribution in [3.05, 3.63) is 58.7 Å². The van der Waals surface area contributed by atoms with E-state index in [1.54, 1.807) is 43.3 Å².